The molecule has 0 spiro atoms. The molecule has 1 aromatic heterocycles. The molecular weight excluding hydrogens is 443 g/mol. The fourth-order valence-electron chi connectivity index (χ4n) is 3.98. The van der Waals surface area contributed by atoms with Gasteiger partial charge in [-0.1, -0.05) is 0 Å². The molecule has 0 unspecified atom stereocenters. The largest absolute Gasteiger partial charge is 0.393 e. The molecule has 10 heteroatoms. The summed E-state index contributed by atoms with van der Waals surface area (Å²) < 4.78 is 13.7. The van der Waals surface area contributed by atoms with Crippen LogP contribution in [0.5, 0.6) is 0 Å². The second kappa shape index (κ2) is 10.6. The molecule has 0 aliphatic carbocycles. The van der Waals surface area contributed by atoms with Gasteiger partial charge in [-0.2, -0.15) is 0 Å². The fraction of sp³-hybridized carbons (Fsp3) is 0.375. The first kappa shape index (κ1) is 25.1. The third-order valence-corrected chi connectivity index (χ3v) is 5.76. The number of carbonyl (C=O) groups excluding carboxylic acids is 3. The average Bonchev–Trinajstić information content (AvgIpc) is 3.22. The minimum absolute atomic E-state index is 0.0212. The molecule has 34 heavy (non-hydrogen) atoms. The number of hydrogen-bond acceptors (Lipinski definition) is 5. The number of amides is 3. The summed E-state index contributed by atoms with van der Waals surface area (Å²) in [5.74, 6) is -1.48. The number of rotatable bonds is 9. The van der Waals surface area contributed by atoms with Crippen molar-refractivity contribution in [1.82, 2.24) is 15.6 Å². The molecule has 3 amide bonds. The Morgan fingerprint density at radius 2 is 1.94 bits per heavy atom. The number of fused-ring (bicyclic) bond motifs is 1. The van der Waals surface area contributed by atoms with Crippen LogP contribution in [0.1, 0.15) is 52.1 Å². The smallest absolute Gasteiger partial charge is 0.256 e. The molecular formula is C24H29FN4O5. The summed E-state index contributed by atoms with van der Waals surface area (Å²) >= 11 is 0. The molecule has 3 rings (SSSR count). The third kappa shape index (κ3) is 5.70. The molecule has 0 fully saturated rings. The lowest BCUT2D eigenvalue weighted by molar-refractivity contribution is -0.122. The van der Waals surface area contributed by atoms with Crippen LogP contribution in [-0.2, 0) is 9.59 Å². The Morgan fingerprint density at radius 3 is 2.65 bits per heavy atom. The molecule has 0 saturated carbocycles. The molecule has 2 atom stereocenters. The van der Waals surface area contributed by atoms with Gasteiger partial charge in [-0.15, -0.1) is 0 Å². The minimum Gasteiger partial charge on any atom is -0.393 e. The van der Waals surface area contributed by atoms with E-state index in [0.29, 0.717) is 39.3 Å². The van der Waals surface area contributed by atoms with Crippen LogP contribution in [0.25, 0.3) is 11.6 Å². The van der Waals surface area contributed by atoms with Gasteiger partial charge in [0.2, 0.25) is 5.91 Å². The second-order valence-corrected chi connectivity index (χ2v) is 8.33. The highest BCUT2D eigenvalue weighted by molar-refractivity contribution is 6.34. The molecule has 2 aromatic rings. The summed E-state index contributed by atoms with van der Waals surface area (Å²) in [5, 5.41) is 27.7. The van der Waals surface area contributed by atoms with Gasteiger partial charge >= 0.3 is 0 Å². The topological polar surface area (TPSA) is 144 Å². The van der Waals surface area contributed by atoms with E-state index in [9.17, 15) is 29.0 Å². The van der Waals surface area contributed by atoms with E-state index < -0.39 is 18.0 Å². The maximum absolute atomic E-state index is 13.7. The molecule has 1 aliphatic heterocycles. The summed E-state index contributed by atoms with van der Waals surface area (Å²) in [4.78, 5) is 39.5. The summed E-state index contributed by atoms with van der Waals surface area (Å²) in [5.41, 5.74) is 3.47. The monoisotopic (exact) mass is 472 g/mol. The van der Waals surface area contributed by atoms with Crippen molar-refractivity contribution in [3.05, 3.63) is 52.1 Å². The van der Waals surface area contributed by atoms with Crippen LogP contribution >= 0.6 is 0 Å². The maximum Gasteiger partial charge on any atom is 0.256 e. The number of aromatic amines is 1. The van der Waals surface area contributed by atoms with E-state index in [-0.39, 0.29) is 43.5 Å². The highest BCUT2D eigenvalue weighted by atomic mass is 19.1. The molecule has 182 valence electrons. The maximum atomic E-state index is 13.7. The van der Waals surface area contributed by atoms with Crippen molar-refractivity contribution in [1.29, 1.82) is 0 Å². The first-order chi connectivity index (χ1) is 16.1. The summed E-state index contributed by atoms with van der Waals surface area (Å²) in [6.45, 7) is 3.65. The van der Waals surface area contributed by atoms with Crippen LogP contribution in [0.15, 0.2) is 18.2 Å². The molecule has 2 heterocycles. The summed E-state index contributed by atoms with van der Waals surface area (Å²) in [6.07, 6.45) is -0.130. The molecule has 6 N–H and O–H groups in total. The van der Waals surface area contributed by atoms with Gasteiger partial charge in [-0.25, -0.2) is 4.39 Å². The van der Waals surface area contributed by atoms with E-state index in [1.165, 1.54) is 25.2 Å². The minimum atomic E-state index is -0.971. The lowest BCUT2D eigenvalue weighted by Gasteiger charge is -2.15. The summed E-state index contributed by atoms with van der Waals surface area (Å²) in [6, 6.07) is 4.06. The zero-order valence-electron chi connectivity index (χ0n) is 19.3. The van der Waals surface area contributed by atoms with Crippen molar-refractivity contribution in [3.8, 4) is 0 Å². The van der Waals surface area contributed by atoms with E-state index in [2.05, 4.69) is 20.9 Å². The Labute approximate surface area is 196 Å². The lowest BCUT2D eigenvalue weighted by Crippen LogP contribution is -2.30. The van der Waals surface area contributed by atoms with Crippen molar-refractivity contribution in [3.63, 3.8) is 0 Å². The summed E-state index contributed by atoms with van der Waals surface area (Å²) in [7, 11) is 1.47. The van der Waals surface area contributed by atoms with Crippen LogP contribution in [0, 0.1) is 19.7 Å². The van der Waals surface area contributed by atoms with Crippen molar-refractivity contribution in [2.45, 2.75) is 45.3 Å². The van der Waals surface area contributed by atoms with Crippen LogP contribution in [0.4, 0.5) is 10.1 Å². The highest BCUT2D eigenvalue weighted by Gasteiger charge is 2.26. The van der Waals surface area contributed by atoms with E-state index in [1.54, 1.807) is 19.9 Å². The molecule has 0 radical (unpaired) electrons. The van der Waals surface area contributed by atoms with Gasteiger partial charge in [0.25, 0.3) is 11.8 Å². The number of benzene rings is 1. The number of halogens is 1. The van der Waals surface area contributed by atoms with Gasteiger partial charge in [-0.05, 0) is 56.5 Å². The van der Waals surface area contributed by atoms with E-state index >= 15 is 0 Å². The normalized spacial score (nSPS) is 15.6. The van der Waals surface area contributed by atoms with Crippen LogP contribution in [0.2, 0.25) is 0 Å². The number of aromatic nitrogens is 1. The number of anilines is 1. The quantitative estimate of drug-likeness (QED) is 0.308. The van der Waals surface area contributed by atoms with Gasteiger partial charge in [0.15, 0.2) is 0 Å². The van der Waals surface area contributed by atoms with E-state index in [4.69, 9.17) is 0 Å². The van der Waals surface area contributed by atoms with Gasteiger partial charge in [-0.3, -0.25) is 14.4 Å². The predicted molar refractivity (Wildman–Crippen MR) is 125 cm³/mol. The van der Waals surface area contributed by atoms with Gasteiger partial charge in [0.05, 0.1) is 29.8 Å². The SMILES string of the molecule is CNC(=O)C[C@H](O)C[C@H](O)CCNC(=O)c1c(C)[nH]c(/C=C2\C(=O)Nc3ccc(F)cc32)c1C. The van der Waals surface area contributed by atoms with E-state index in [1.807, 2.05) is 0 Å². The van der Waals surface area contributed by atoms with Gasteiger partial charge in [0.1, 0.15) is 5.82 Å². The van der Waals surface area contributed by atoms with Crippen molar-refractivity contribution in [2.75, 3.05) is 18.9 Å². The number of H-pyrrole nitrogens is 1. The number of aliphatic hydroxyl groups excluding tert-OH is 2. The fourth-order valence-corrected chi connectivity index (χ4v) is 3.98. The molecule has 0 bridgehead atoms. The third-order valence-electron chi connectivity index (χ3n) is 5.76. The highest BCUT2D eigenvalue weighted by Crippen LogP contribution is 2.34. The van der Waals surface area contributed by atoms with Crippen LogP contribution < -0.4 is 16.0 Å². The Morgan fingerprint density at radius 1 is 1.21 bits per heavy atom. The number of aliphatic hydroxyl groups is 2. The Balaban J connectivity index is 1.65. The van der Waals surface area contributed by atoms with Gasteiger partial charge in [0, 0.05) is 36.2 Å². The second-order valence-electron chi connectivity index (χ2n) is 8.33. The zero-order chi connectivity index (χ0) is 25.0. The van der Waals surface area contributed by atoms with Gasteiger partial charge < -0.3 is 31.1 Å². The first-order valence-corrected chi connectivity index (χ1v) is 11.0. The van der Waals surface area contributed by atoms with Crippen molar-refractivity contribution < 1.29 is 29.0 Å². The molecule has 1 aliphatic rings. The van der Waals surface area contributed by atoms with E-state index in [0.717, 1.165) is 0 Å². The molecule has 0 saturated heterocycles. The Bertz CT molecular complexity index is 1140. The van der Waals surface area contributed by atoms with Crippen LogP contribution in [-0.4, -0.2) is 58.7 Å². The van der Waals surface area contributed by atoms with Crippen LogP contribution in [0.3, 0.4) is 0 Å². The Kier molecular flexibility index (Phi) is 7.85. The first-order valence-electron chi connectivity index (χ1n) is 11.0. The number of nitrogens with one attached hydrogen (secondary N) is 4. The van der Waals surface area contributed by atoms with Crippen molar-refractivity contribution >= 4 is 35.1 Å². The van der Waals surface area contributed by atoms with Crippen molar-refractivity contribution in [2.24, 2.45) is 0 Å². The molecule has 1 aromatic carbocycles. The lowest BCUT2D eigenvalue weighted by atomic mass is 10.0. The number of aryl methyl sites for hydroxylation is 1. The number of carbonyl (C=O) groups is 3. The standard InChI is InChI=1S/C24H29FN4O5/c1-12-20(11-18-17-8-14(25)4-5-19(17)29-23(18)33)28-13(2)22(12)24(34)27-7-6-15(30)9-16(31)10-21(32)26-3/h4-5,8,11,15-16,28,30-31H,6-7,9-10H2,1-3H3,(H,26,32)(H,27,34)(H,29,33)/b18-11-/t15-,16-/m1/s1. The Hall–Kier alpha value is -3.50. The molecule has 9 nitrogen and oxygen atoms in total. The average molecular weight is 473 g/mol. The number of hydrogen-bond donors (Lipinski definition) is 6. The zero-order valence-corrected chi connectivity index (χ0v) is 19.3. The predicted octanol–water partition coefficient (Wildman–Crippen LogP) is 1.63.